The van der Waals surface area contributed by atoms with Crippen LogP contribution in [0.4, 0.5) is 8.78 Å². The Labute approximate surface area is 182 Å². The lowest BCUT2D eigenvalue weighted by molar-refractivity contribution is 0.0951. The standard InChI is InChI=1S/C15H14FNO3S.C8H10FN/c16-12-7-5-11(6-8-12)9-10-17-15(18)13-3-1-2-4-14(13)21(19)20;9-8-3-1-7(2-4-8)5-6-10/h1-8H,9-10H2,(H,17,18)(H,19,20);1-4H,5-6,10H2. The number of benzene rings is 3. The third-order valence-corrected chi connectivity index (χ3v) is 5.01. The second-order valence-corrected chi connectivity index (χ2v) is 7.48. The van der Waals surface area contributed by atoms with Crippen molar-refractivity contribution in [2.24, 2.45) is 5.73 Å². The molecule has 8 heteroatoms. The number of carbonyl (C=O) groups is 1. The van der Waals surface area contributed by atoms with Gasteiger partial charge in [0.25, 0.3) is 5.91 Å². The Morgan fingerprint density at radius 3 is 1.90 bits per heavy atom. The van der Waals surface area contributed by atoms with E-state index in [1.807, 2.05) is 0 Å². The average molecular weight is 447 g/mol. The van der Waals surface area contributed by atoms with E-state index in [4.69, 9.17) is 10.3 Å². The molecule has 4 N–H and O–H groups in total. The van der Waals surface area contributed by atoms with E-state index in [0.29, 0.717) is 19.5 Å². The molecule has 0 bridgehead atoms. The number of hydrogen-bond acceptors (Lipinski definition) is 3. The van der Waals surface area contributed by atoms with Crippen molar-refractivity contribution in [1.82, 2.24) is 5.32 Å². The third-order valence-electron chi connectivity index (χ3n) is 4.28. The van der Waals surface area contributed by atoms with Gasteiger partial charge in [-0.15, -0.1) is 0 Å². The van der Waals surface area contributed by atoms with Crippen LogP contribution in [-0.2, 0) is 23.9 Å². The van der Waals surface area contributed by atoms with Gasteiger partial charge in [0.15, 0.2) is 11.1 Å². The minimum Gasteiger partial charge on any atom is -0.352 e. The number of amides is 1. The van der Waals surface area contributed by atoms with Crippen molar-refractivity contribution in [2.45, 2.75) is 17.7 Å². The van der Waals surface area contributed by atoms with Gasteiger partial charge in [0, 0.05) is 6.54 Å². The summed E-state index contributed by atoms with van der Waals surface area (Å²) in [6.07, 6.45) is 1.37. The smallest absolute Gasteiger partial charge is 0.252 e. The highest BCUT2D eigenvalue weighted by atomic mass is 32.2. The van der Waals surface area contributed by atoms with Gasteiger partial charge in [0.05, 0.1) is 10.5 Å². The van der Waals surface area contributed by atoms with Crippen molar-refractivity contribution >= 4 is 17.0 Å². The summed E-state index contributed by atoms with van der Waals surface area (Å²) >= 11 is -2.21. The fourth-order valence-electron chi connectivity index (χ4n) is 2.69. The molecule has 3 rings (SSSR count). The molecule has 0 aliphatic heterocycles. The Bertz CT molecular complexity index is 996. The first kappa shape index (κ1) is 24.3. The predicted molar refractivity (Wildman–Crippen MR) is 117 cm³/mol. The minimum atomic E-state index is -2.21. The maximum Gasteiger partial charge on any atom is 0.252 e. The van der Waals surface area contributed by atoms with E-state index in [2.05, 4.69) is 5.32 Å². The van der Waals surface area contributed by atoms with Crippen LogP contribution in [-0.4, -0.2) is 27.8 Å². The Morgan fingerprint density at radius 2 is 1.39 bits per heavy atom. The van der Waals surface area contributed by atoms with Crippen molar-refractivity contribution in [3.05, 3.63) is 101 Å². The summed E-state index contributed by atoms with van der Waals surface area (Å²) in [5.74, 6) is -0.905. The Morgan fingerprint density at radius 1 is 0.871 bits per heavy atom. The molecule has 0 spiro atoms. The number of nitrogens with two attached hydrogens (primary N) is 1. The topological polar surface area (TPSA) is 92.4 Å². The van der Waals surface area contributed by atoms with Gasteiger partial charge in [-0.2, -0.15) is 0 Å². The summed E-state index contributed by atoms with van der Waals surface area (Å²) in [7, 11) is 0. The van der Waals surface area contributed by atoms with Crippen molar-refractivity contribution in [3.63, 3.8) is 0 Å². The number of hydrogen-bond donors (Lipinski definition) is 3. The minimum absolute atomic E-state index is 0.0804. The zero-order chi connectivity index (χ0) is 22.6. The summed E-state index contributed by atoms with van der Waals surface area (Å²) in [4.78, 5) is 12.1. The van der Waals surface area contributed by atoms with E-state index < -0.39 is 17.0 Å². The molecule has 1 amide bonds. The average Bonchev–Trinajstić information content (AvgIpc) is 2.77. The van der Waals surface area contributed by atoms with Crippen LogP contribution >= 0.6 is 0 Å². The first-order chi connectivity index (χ1) is 14.9. The highest BCUT2D eigenvalue weighted by Gasteiger charge is 2.13. The molecule has 1 unspecified atom stereocenters. The van der Waals surface area contributed by atoms with Gasteiger partial charge < -0.3 is 15.6 Å². The lowest BCUT2D eigenvalue weighted by Gasteiger charge is -2.08. The van der Waals surface area contributed by atoms with Gasteiger partial charge in [-0.1, -0.05) is 36.4 Å². The van der Waals surface area contributed by atoms with Gasteiger partial charge >= 0.3 is 0 Å². The predicted octanol–water partition coefficient (Wildman–Crippen LogP) is 3.71. The molecule has 0 aliphatic rings. The number of carbonyl (C=O) groups excluding carboxylic acids is 1. The van der Waals surface area contributed by atoms with Crippen molar-refractivity contribution < 1.29 is 22.3 Å². The SMILES string of the molecule is NCCc1ccc(F)cc1.O=C(NCCc1ccc(F)cc1)c1ccccc1S(=O)O. The van der Waals surface area contributed by atoms with Crippen LogP contribution in [0.3, 0.4) is 0 Å². The van der Waals surface area contributed by atoms with Crippen LogP contribution in [0.5, 0.6) is 0 Å². The van der Waals surface area contributed by atoms with Gasteiger partial charge in [0.2, 0.25) is 0 Å². The lowest BCUT2D eigenvalue weighted by atomic mass is 10.1. The summed E-state index contributed by atoms with van der Waals surface area (Å²) in [6.45, 7) is 0.975. The molecule has 5 nitrogen and oxygen atoms in total. The molecule has 0 aliphatic carbocycles. The highest BCUT2D eigenvalue weighted by Crippen LogP contribution is 2.12. The number of nitrogens with one attached hydrogen (secondary N) is 1. The molecule has 3 aromatic carbocycles. The first-order valence-corrected chi connectivity index (χ1v) is 10.7. The van der Waals surface area contributed by atoms with Crippen LogP contribution in [0, 0.1) is 11.6 Å². The Hall–Kier alpha value is -2.94. The lowest BCUT2D eigenvalue weighted by Crippen LogP contribution is -2.26. The maximum absolute atomic E-state index is 12.8. The molecule has 3 aromatic rings. The molecule has 0 saturated heterocycles. The van der Waals surface area contributed by atoms with E-state index in [1.165, 1.54) is 36.4 Å². The van der Waals surface area contributed by atoms with Crippen LogP contribution in [0.15, 0.2) is 77.7 Å². The summed E-state index contributed by atoms with van der Waals surface area (Å²) in [5, 5.41) is 2.68. The van der Waals surface area contributed by atoms with Crippen LogP contribution in [0.2, 0.25) is 0 Å². The zero-order valence-corrected chi connectivity index (χ0v) is 17.6. The Balaban J connectivity index is 0.000000285. The van der Waals surface area contributed by atoms with E-state index in [-0.39, 0.29) is 22.1 Å². The summed E-state index contributed by atoms with van der Waals surface area (Å²) < 4.78 is 45.3. The number of rotatable bonds is 7. The van der Waals surface area contributed by atoms with Gasteiger partial charge in [-0.05, 0) is 66.9 Å². The van der Waals surface area contributed by atoms with Crippen molar-refractivity contribution in [1.29, 1.82) is 0 Å². The fourth-order valence-corrected chi connectivity index (χ4v) is 3.23. The molecule has 0 heterocycles. The molecule has 0 radical (unpaired) electrons. The monoisotopic (exact) mass is 446 g/mol. The van der Waals surface area contributed by atoms with Gasteiger partial charge in [-0.3, -0.25) is 4.79 Å². The van der Waals surface area contributed by atoms with Gasteiger partial charge in [-0.25, -0.2) is 13.0 Å². The molecule has 0 fully saturated rings. The second kappa shape index (κ2) is 12.7. The van der Waals surface area contributed by atoms with Crippen LogP contribution < -0.4 is 11.1 Å². The van der Waals surface area contributed by atoms with Crippen LogP contribution in [0.1, 0.15) is 21.5 Å². The molecule has 0 saturated carbocycles. The normalized spacial score (nSPS) is 11.2. The van der Waals surface area contributed by atoms with E-state index >= 15 is 0 Å². The summed E-state index contributed by atoms with van der Waals surface area (Å²) in [5.41, 5.74) is 7.47. The summed E-state index contributed by atoms with van der Waals surface area (Å²) in [6, 6.07) is 18.6. The molecule has 1 atom stereocenters. The number of halogens is 2. The zero-order valence-electron chi connectivity index (χ0n) is 16.8. The highest BCUT2D eigenvalue weighted by molar-refractivity contribution is 7.79. The van der Waals surface area contributed by atoms with Crippen molar-refractivity contribution in [2.75, 3.05) is 13.1 Å². The molecular weight excluding hydrogens is 422 g/mol. The molecule has 164 valence electrons. The largest absolute Gasteiger partial charge is 0.352 e. The fraction of sp³-hybridized carbons (Fsp3) is 0.174. The quantitative estimate of drug-likeness (QED) is 0.483. The molecule has 0 aromatic heterocycles. The molecule has 31 heavy (non-hydrogen) atoms. The second-order valence-electron chi connectivity index (χ2n) is 6.54. The van der Waals surface area contributed by atoms with Crippen LogP contribution in [0.25, 0.3) is 0 Å². The third kappa shape index (κ3) is 8.37. The Kier molecular flexibility index (Phi) is 9.96. The van der Waals surface area contributed by atoms with E-state index in [1.54, 1.807) is 36.4 Å². The van der Waals surface area contributed by atoms with E-state index in [9.17, 15) is 17.8 Å². The molecular formula is C23H24F2N2O3S. The van der Waals surface area contributed by atoms with Crippen molar-refractivity contribution in [3.8, 4) is 0 Å². The maximum atomic E-state index is 12.8. The van der Waals surface area contributed by atoms with Gasteiger partial charge in [0.1, 0.15) is 11.6 Å². The van der Waals surface area contributed by atoms with E-state index in [0.717, 1.165) is 17.5 Å². The first-order valence-electron chi connectivity index (χ1n) is 9.57.